The summed E-state index contributed by atoms with van der Waals surface area (Å²) in [6.07, 6.45) is 6.79. The van der Waals surface area contributed by atoms with Crippen molar-refractivity contribution in [2.24, 2.45) is 17.6 Å². The average Bonchev–Trinajstić information content (AvgIpc) is 2.43. The van der Waals surface area contributed by atoms with Crippen LogP contribution in [0, 0.1) is 11.8 Å². The van der Waals surface area contributed by atoms with E-state index in [1.165, 1.54) is 51.7 Å². The van der Waals surface area contributed by atoms with E-state index in [4.69, 9.17) is 5.73 Å². The Morgan fingerprint density at radius 3 is 2.80 bits per heavy atom. The predicted octanol–water partition coefficient (Wildman–Crippen LogP) is 2.48. The molecule has 1 heterocycles. The number of nitrogens with two attached hydrogens (primary N) is 1. The van der Waals surface area contributed by atoms with E-state index in [-0.39, 0.29) is 0 Å². The molecule has 1 aliphatic heterocycles. The number of likely N-dealkylation sites (tertiary alicyclic amines) is 1. The van der Waals surface area contributed by atoms with Gasteiger partial charge in [-0.3, -0.25) is 0 Å². The van der Waals surface area contributed by atoms with Crippen molar-refractivity contribution < 1.29 is 0 Å². The molecule has 0 aromatic rings. The van der Waals surface area contributed by atoms with Gasteiger partial charge >= 0.3 is 0 Å². The maximum Gasteiger partial charge on any atom is 0.000749 e. The van der Waals surface area contributed by atoms with E-state index in [0.717, 1.165) is 18.4 Å². The molecule has 1 rings (SSSR count). The predicted molar refractivity (Wildman–Crippen MR) is 66.9 cm³/mol. The lowest BCUT2D eigenvalue weighted by atomic mass is 9.98. The lowest BCUT2D eigenvalue weighted by molar-refractivity contribution is 0.238. The fourth-order valence-electron chi connectivity index (χ4n) is 2.63. The van der Waals surface area contributed by atoms with E-state index in [1.54, 1.807) is 0 Å². The molecule has 0 bridgehead atoms. The van der Waals surface area contributed by atoms with Crippen LogP contribution in [0.3, 0.4) is 0 Å². The Morgan fingerprint density at radius 1 is 1.33 bits per heavy atom. The van der Waals surface area contributed by atoms with Crippen molar-refractivity contribution in [2.45, 2.75) is 46.0 Å². The van der Waals surface area contributed by atoms with Gasteiger partial charge in [-0.2, -0.15) is 0 Å². The topological polar surface area (TPSA) is 29.3 Å². The zero-order chi connectivity index (χ0) is 11.1. The van der Waals surface area contributed by atoms with Crippen LogP contribution in [0.5, 0.6) is 0 Å². The largest absolute Gasteiger partial charge is 0.330 e. The number of hydrogen-bond donors (Lipinski definition) is 1. The monoisotopic (exact) mass is 212 g/mol. The maximum absolute atomic E-state index is 5.59. The van der Waals surface area contributed by atoms with Crippen molar-refractivity contribution in [3.8, 4) is 0 Å². The Kier molecular flexibility index (Phi) is 6.26. The van der Waals surface area contributed by atoms with Crippen molar-refractivity contribution in [3.05, 3.63) is 0 Å². The molecular weight excluding hydrogens is 184 g/mol. The highest BCUT2D eigenvalue weighted by atomic mass is 15.1. The van der Waals surface area contributed by atoms with Gasteiger partial charge in [-0.25, -0.2) is 0 Å². The number of hydrogen-bond acceptors (Lipinski definition) is 2. The van der Waals surface area contributed by atoms with Gasteiger partial charge < -0.3 is 10.6 Å². The smallest absolute Gasteiger partial charge is 0.000749 e. The van der Waals surface area contributed by atoms with Crippen molar-refractivity contribution in [3.63, 3.8) is 0 Å². The zero-order valence-corrected chi connectivity index (χ0v) is 10.5. The summed E-state index contributed by atoms with van der Waals surface area (Å²) >= 11 is 0. The number of nitrogens with zero attached hydrogens (tertiary/aromatic N) is 1. The van der Waals surface area contributed by atoms with Crippen molar-refractivity contribution >= 4 is 0 Å². The first-order chi connectivity index (χ1) is 7.26. The number of rotatable bonds is 5. The molecule has 0 spiro atoms. The highest BCUT2D eigenvalue weighted by molar-refractivity contribution is 4.71. The Balaban J connectivity index is 2.24. The van der Waals surface area contributed by atoms with Gasteiger partial charge in [-0.1, -0.05) is 20.3 Å². The van der Waals surface area contributed by atoms with Gasteiger partial charge in [0.15, 0.2) is 0 Å². The molecule has 1 saturated heterocycles. The van der Waals surface area contributed by atoms with E-state index in [1.807, 2.05) is 0 Å². The first kappa shape index (κ1) is 13.0. The highest BCUT2D eigenvalue weighted by Crippen LogP contribution is 2.20. The molecule has 2 nitrogen and oxygen atoms in total. The van der Waals surface area contributed by atoms with Crippen LogP contribution in [0.4, 0.5) is 0 Å². The third kappa shape index (κ3) is 4.98. The van der Waals surface area contributed by atoms with Gasteiger partial charge in [0, 0.05) is 6.54 Å². The Morgan fingerprint density at radius 2 is 2.13 bits per heavy atom. The Bertz CT molecular complexity index is 159. The molecule has 1 fully saturated rings. The first-order valence-corrected chi connectivity index (χ1v) is 6.68. The molecule has 0 aliphatic carbocycles. The summed E-state index contributed by atoms with van der Waals surface area (Å²) in [4.78, 5) is 2.65. The summed E-state index contributed by atoms with van der Waals surface area (Å²) < 4.78 is 0. The molecule has 0 saturated carbocycles. The van der Waals surface area contributed by atoms with E-state index < -0.39 is 0 Å². The minimum absolute atomic E-state index is 0.771. The summed E-state index contributed by atoms with van der Waals surface area (Å²) in [6.45, 7) is 9.38. The van der Waals surface area contributed by atoms with Gasteiger partial charge in [0.1, 0.15) is 0 Å². The molecule has 1 aliphatic rings. The standard InChI is InChI=1S/C13H28N2/c1-3-13-5-4-9-15(10-7-13)11-12(2)6-8-14/h12-13H,3-11,14H2,1-2H3. The van der Waals surface area contributed by atoms with Gasteiger partial charge in [0.2, 0.25) is 0 Å². The Hall–Kier alpha value is -0.0800. The van der Waals surface area contributed by atoms with E-state index in [2.05, 4.69) is 18.7 Å². The normalized spacial score (nSPS) is 26.2. The lowest BCUT2D eigenvalue weighted by Crippen LogP contribution is -2.30. The van der Waals surface area contributed by atoms with Gasteiger partial charge in [0.05, 0.1) is 0 Å². The summed E-state index contributed by atoms with van der Waals surface area (Å²) in [5, 5.41) is 0. The second kappa shape index (κ2) is 7.24. The van der Waals surface area contributed by atoms with Gasteiger partial charge in [-0.15, -0.1) is 0 Å². The Labute approximate surface area is 95.2 Å². The van der Waals surface area contributed by atoms with Crippen LogP contribution < -0.4 is 5.73 Å². The molecule has 2 atom stereocenters. The fraction of sp³-hybridized carbons (Fsp3) is 1.00. The summed E-state index contributed by atoms with van der Waals surface area (Å²) in [5.74, 6) is 1.76. The molecular formula is C13H28N2. The molecule has 0 aromatic carbocycles. The average molecular weight is 212 g/mol. The molecule has 0 radical (unpaired) electrons. The minimum Gasteiger partial charge on any atom is -0.330 e. The van der Waals surface area contributed by atoms with Crippen LogP contribution in [0.25, 0.3) is 0 Å². The first-order valence-electron chi connectivity index (χ1n) is 6.68. The SMILES string of the molecule is CCC1CCCN(CC(C)CCN)CC1. The molecule has 2 heteroatoms. The molecule has 15 heavy (non-hydrogen) atoms. The summed E-state index contributed by atoms with van der Waals surface area (Å²) in [7, 11) is 0. The molecule has 0 aromatic heterocycles. The molecule has 90 valence electrons. The van der Waals surface area contributed by atoms with Crippen LogP contribution >= 0.6 is 0 Å². The van der Waals surface area contributed by atoms with Crippen molar-refractivity contribution in [2.75, 3.05) is 26.2 Å². The molecule has 2 unspecified atom stereocenters. The zero-order valence-electron chi connectivity index (χ0n) is 10.5. The summed E-state index contributed by atoms with van der Waals surface area (Å²) in [6, 6.07) is 0. The fourth-order valence-corrected chi connectivity index (χ4v) is 2.63. The molecule has 2 N–H and O–H groups in total. The minimum atomic E-state index is 0.771. The van der Waals surface area contributed by atoms with Crippen molar-refractivity contribution in [1.82, 2.24) is 4.90 Å². The van der Waals surface area contributed by atoms with E-state index in [9.17, 15) is 0 Å². The lowest BCUT2D eigenvalue weighted by Gasteiger charge is -2.23. The van der Waals surface area contributed by atoms with Gasteiger partial charge in [-0.05, 0) is 57.2 Å². The third-order valence-corrected chi connectivity index (χ3v) is 3.75. The van der Waals surface area contributed by atoms with E-state index in [0.29, 0.717) is 0 Å². The van der Waals surface area contributed by atoms with Crippen LogP contribution in [0.15, 0.2) is 0 Å². The molecule has 0 amide bonds. The second-order valence-electron chi connectivity index (χ2n) is 5.19. The second-order valence-corrected chi connectivity index (χ2v) is 5.19. The van der Waals surface area contributed by atoms with Crippen molar-refractivity contribution in [1.29, 1.82) is 0 Å². The van der Waals surface area contributed by atoms with Gasteiger partial charge in [0.25, 0.3) is 0 Å². The van der Waals surface area contributed by atoms with Crippen LogP contribution in [0.1, 0.15) is 46.0 Å². The van der Waals surface area contributed by atoms with E-state index >= 15 is 0 Å². The highest BCUT2D eigenvalue weighted by Gasteiger charge is 2.16. The third-order valence-electron chi connectivity index (χ3n) is 3.75. The summed E-state index contributed by atoms with van der Waals surface area (Å²) in [5.41, 5.74) is 5.59. The van der Waals surface area contributed by atoms with Crippen LogP contribution in [0.2, 0.25) is 0 Å². The quantitative estimate of drug-likeness (QED) is 0.758. The van der Waals surface area contributed by atoms with Crippen LogP contribution in [-0.2, 0) is 0 Å². The maximum atomic E-state index is 5.59. The van der Waals surface area contributed by atoms with Crippen LogP contribution in [-0.4, -0.2) is 31.1 Å².